The maximum atomic E-state index is 13.3. The first kappa shape index (κ1) is 14.5. The maximum absolute atomic E-state index is 13.3. The van der Waals surface area contributed by atoms with Gasteiger partial charge in [0, 0.05) is 30.9 Å². The third-order valence-electron chi connectivity index (χ3n) is 2.96. The number of nitrogens with zero attached hydrogens (tertiary/aromatic N) is 1. The number of hydrogen-bond acceptors (Lipinski definition) is 3. The number of benzene rings is 1. The zero-order valence-electron chi connectivity index (χ0n) is 11.6. The fraction of sp³-hybridized carbons (Fsp3) is 0.312. The monoisotopic (exact) mass is 274 g/mol. The van der Waals surface area contributed by atoms with Crippen molar-refractivity contribution in [3.63, 3.8) is 0 Å². The van der Waals surface area contributed by atoms with Crippen LogP contribution >= 0.6 is 0 Å². The molecule has 0 aliphatic rings. The Hall–Kier alpha value is -1.94. The number of rotatable bonds is 7. The smallest absolute Gasteiger partial charge is 0.123 e. The molecule has 106 valence electrons. The van der Waals surface area contributed by atoms with Crippen LogP contribution in [-0.2, 0) is 13.0 Å². The van der Waals surface area contributed by atoms with Crippen LogP contribution in [0.25, 0.3) is 0 Å². The Bertz CT molecular complexity index is 531. The van der Waals surface area contributed by atoms with Crippen LogP contribution < -0.4 is 10.1 Å². The van der Waals surface area contributed by atoms with Gasteiger partial charge in [0.25, 0.3) is 0 Å². The van der Waals surface area contributed by atoms with Crippen molar-refractivity contribution < 1.29 is 9.13 Å². The Morgan fingerprint density at radius 1 is 1.30 bits per heavy atom. The number of hydrogen-bond donors (Lipinski definition) is 1. The summed E-state index contributed by atoms with van der Waals surface area (Å²) in [5.41, 5.74) is 1.97. The van der Waals surface area contributed by atoms with Crippen molar-refractivity contribution in [3.8, 4) is 5.75 Å². The fourth-order valence-electron chi connectivity index (χ4n) is 1.91. The molecule has 0 amide bonds. The van der Waals surface area contributed by atoms with Crippen molar-refractivity contribution in [1.29, 1.82) is 0 Å². The van der Waals surface area contributed by atoms with Crippen molar-refractivity contribution in [3.05, 3.63) is 59.7 Å². The average Bonchev–Trinajstić information content (AvgIpc) is 2.48. The molecule has 1 N–H and O–H groups in total. The highest BCUT2D eigenvalue weighted by molar-refractivity contribution is 5.34. The lowest BCUT2D eigenvalue weighted by molar-refractivity contribution is 0.317. The van der Waals surface area contributed by atoms with Gasteiger partial charge in [-0.2, -0.15) is 0 Å². The van der Waals surface area contributed by atoms with Crippen LogP contribution in [0.4, 0.5) is 4.39 Å². The molecular formula is C16H19FN2O. The van der Waals surface area contributed by atoms with Gasteiger partial charge >= 0.3 is 0 Å². The molecule has 3 nitrogen and oxygen atoms in total. The van der Waals surface area contributed by atoms with Gasteiger partial charge in [-0.25, -0.2) is 4.39 Å². The Kier molecular flexibility index (Phi) is 5.50. The first-order valence-electron chi connectivity index (χ1n) is 6.80. The van der Waals surface area contributed by atoms with Gasteiger partial charge < -0.3 is 10.1 Å². The predicted molar refractivity (Wildman–Crippen MR) is 77.2 cm³/mol. The summed E-state index contributed by atoms with van der Waals surface area (Å²) < 4.78 is 19.0. The van der Waals surface area contributed by atoms with Crippen LogP contribution in [0.1, 0.15) is 18.1 Å². The van der Waals surface area contributed by atoms with Crippen LogP contribution in [0, 0.1) is 5.82 Å². The first-order valence-corrected chi connectivity index (χ1v) is 6.80. The zero-order chi connectivity index (χ0) is 14.2. The van der Waals surface area contributed by atoms with E-state index >= 15 is 0 Å². The second kappa shape index (κ2) is 7.60. The normalized spacial score (nSPS) is 10.5. The van der Waals surface area contributed by atoms with Gasteiger partial charge in [-0.15, -0.1) is 0 Å². The molecule has 0 atom stereocenters. The quantitative estimate of drug-likeness (QED) is 0.843. The Morgan fingerprint density at radius 3 is 2.95 bits per heavy atom. The van der Waals surface area contributed by atoms with E-state index in [-0.39, 0.29) is 5.82 Å². The molecule has 1 aromatic heterocycles. The number of nitrogens with one attached hydrogen (secondary N) is 1. The standard InChI is InChI=1S/C16H19FN2O/c1-2-18-12-14-10-15(17)5-6-16(14)20-9-7-13-4-3-8-19-11-13/h3-6,8,10-11,18H,2,7,9,12H2,1H3. The Balaban J connectivity index is 1.94. The second-order valence-corrected chi connectivity index (χ2v) is 4.49. The number of pyridine rings is 1. The molecule has 0 aliphatic heterocycles. The molecule has 1 aromatic carbocycles. The van der Waals surface area contributed by atoms with Crippen LogP contribution in [0.2, 0.25) is 0 Å². The molecule has 2 rings (SSSR count). The van der Waals surface area contributed by atoms with Crippen LogP contribution in [0.3, 0.4) is 0 Å². The van der Waals surface area contributed by atoms with E-state index < -0.39 is 0 Å². The van der Waals surface area contributed by atoms with Gasteiger partial charge in [0.1, 0.15) is 11.6 Å². The van der Waals surface area contributed by atoms with Gasteiger partial charge in [-0.1, -0.05) is 13.0 Å². The summed E-state index contributed by atoms with van der Waals surface area (Å²) in [5.74, 6) is 0.494. The molecule has 0 fully saturated rings. The molecule has 1 heterocycles. The van der Waals surface area contributed by atoms with E-state index in [1.54, 1.807) is 12.3 Å². The lowest BCUT2D eigenvalue weighted by Crippen LogP contribution is -2.13. The van der Waals surface area contributed by atoms with E-state index in [0.29, 0.717) is 13.2 Å². The van der Waals surface area contributed by atoms with Gasteiger partial charge in [-0.3, -0.25) is 4.98 Å². The topological polar surface area (TPSA) is 34.1 Å². The van der Waals surface area contributed by atoms with Gasteiger partial charge in [0.15, 0.2) is 0 Å². The Morgan fingerprint density at radius 2 is 2.20 bits per heavy atom. The average molecular weight is 274 g/mol. The summed E-state index contributed by atoms with van der Waals surface area (Å²) in [6, 6.07) is 8.55. The van der Waals surface area contributed by atoms with Gasteiger partial charge in [-0.05, 0) is 36.4 Å². The third-order valence-corrected chi connectivity index (χ3v) is 2.96. The van der Waals surface area contributed by atoms with Crippen LogP contribution in [0.15, 0.2) is 42.7 Å². The molecule has 0 aliphatic carbocycles. The molecule has 0 spiro atoms. The van der Waals surface area contributed by atoms with Crippen LogP contribution in [0.5, 0.6) is 5.75 Å². The highest BCUT2D eigenvalue weighted by atomic mass is 19.1. The molecule has 0 saturated heterocycles. The summed E-state index contributed by atoms with van der Waals surface area (Å²) in [7, 11) is 0. The summed E-state index contributed by atoms with van der Waals surface area (Å²) in [5, 5.41) is 3.18. The Labute approximate surface area is 118 Å². The largest absolute Gasteiger partial charge is 0.493 e. The summed E-state index contributed by atoms with van der Waals surface area (Å²) in [6.07, 6.45) is 4.36. The van der Waals surface area contributed by atoms with Crippen molar-refractivity contribution in [2.45, 2.75) is 19.9 Å². The van der Waals surface area contributed by atoms with Gasteiger partial charge in [0.2, 0.25) is 0 Å². The lowest BCUT2D eigenvalue weighted by Gasteiger charge is -2.12. The van der Waals surface area contributed by atoms with E-state index in [1.807, 2.05) is 25.3 Å². The molecule has 20 heavy (non-hydrogen) atoms. The molecule has 0 saturated carbocycles. The summed E-state index contributed by atoms with van der Waals surface area (Å²) in [6.45, 7) is 4.01. The minimum Gasteiger partial charge on any atom is -0.493 e. The molecule has 0 bridgehead atoms. The minimum atomic E-state index is -0.238. The SMILES string of the molecule is CCNCc1cc(F)ccc1OCCc1cccnc1. The molecule has 0 unspecified atom stereocenters. The van der Waals surface area contributed by atoms with Gasteiger partial charge in [0.05, 0.1) is 6.61 Å². The summed E-state index contributed by atoms with van der Waals surface area (Å²) in [4.78, 5) is 4.06. The number of ether oxygens (including phenoxy) is 1. The molecule has 0 radical (unpaired) electrons. The molecular weight excluding hydrogens is 255 g/mol. The number of halogens is 1. The third kappa shape index (κ3) is 4.31. The van der Waals surface area contributed by atoms with Crippen molar-refractivity contribution in [1.82, 2.24) is 10.3 Å². The number of aromatic nitrogens is 1. The minimum absolute atomic E-state index is 0.238. The fourth-order valence-corrected chi connectivity index (χ4v) is 1.91. The van der Waals surface area contributed by atoms with Crippen molar-refractivity contribution >= 4 is 0 Å². The van der Waals surface area contributed by atoms with Crippen molar-refractivity contribution in [2.75, 3.05) is 13.2 Å². The summed E-state index contributed by atoms with van der Waals surface area (Å²) >= 11 is 0. The molecule has 2 aromatic rings. The van der Waals surface area contributed by atoms with E-state index in [4.69, 9.17) is 4.74 Å². The van der Waals surface area contributed by atoms with E-state index in [9.17, 15) is 4.39 Å². The molecule has 4 heteroatoms. The van der Waals surface area contributed by atoms with Crippen molar-refractivity contribution in [2.24, 2.45) is 0 Å². The van der Waals surface area contributed by atoms with E-state index in [0.717, 1.165) is 29.8 Å². The highest BCUT2D eigenvalue weighted by Crippen LogP contribution is 2.20. The van der Waals surface area contributed by atoms with E-state index in [1.165, 1.54) is 12.1 Å². The zero-order valence-corrected chi connectivity index (χ0v) is 11.6. The van der Waals surface area contributed by atoms with E-state index in [2.05, 4.69) is 10.3 Å². The van der Waals surface area contributed by atoms with Crippen LogP contribution in [-0.4, -0.2) is 18.1 Å². The first-order chi connectivity index (χ1) is 9.79. The highest BCUT2D eigenvalue weighted by Gasteiger charge is 2.05. The second-order valence-electron chi connectivity index (χ2n) is 4.49. The predicted octanol–water partition coefficient (Wildman–Crippen LogP) is 2.95. The maximum Gasteiger partial charge on any atom is 0.123 e. The lowest BCUT2D eigenvalue weighted by atomic mass is 10.2.